The van der Waals surface area contributed by atoms with Gasteiger partial charge in [0.1, 0.15) is 0 Å². The van der Waals surface area contributed by atoms with Gasteiger partial charge in [0.2, 0.25) is 0 Å². The van der Waals surface area contributed by atoms with Crippen molar-refractivity contribution in [3.05, 3.63) is 34.9 Å². The summed E-state index contributed by atoms with van der Waals surface area (Å²) in [5.74, 6) is 1.45. The topological polar surface area (TPSA) is 12.0 Å². The molecule has 15 heavy (non-hydrogen) atoms. The standard InChI is InChI=1S/C14H21N/c1-5-11-10(3)14(15-4)13-8-9(2)6-7-12(11)13/h6-8,10-11,14-15H,5H2,1-4H3. The molecule has 1 aliphatic carbocycles. The van der Waals surface area contributed by atoms with Gasteiger partial charge in [0.25, 0.3) is 0 Å². The average Bonchev–Trinajstić information content (AvgIpc) is 2.48. The largest absolute Gasteiger partial charge is 0.313 e. The van der Waals surface area contributed by atoms with Gasteiger partial charge in [-0.2, -0.15) is 0 Å². The maximum absolute atomic E-state index is 3.46. The number of aryl methyl sites for hydroxylation is 1. The molecule has 1 N–H and O–H groups in total. The SMILES string of the molecule is CCC1c2ccc(C)cc2C(NC)C1C. The highest BCUT2D eigenvalue weighted by Crippen LogP contribution is 2.46. The van der Waals surface area contributed by atoms with Crippen LogP contribution < -0.4 is 5.32 Å². The van der Waals surface area contributed by atoms with Crippen molar-refractivity contribution >= 4 is 0 Å². The zero-order chi connectivity index (χ0) is 11.0. The summed E-state index contributed by atoms with van der Waals surface area (Å²) in [6.07, 6.45) is 1.25. The molecular formula is C14H21N. The predicted molar refractivity (Wildman–Crippen MR) is 65.2 cm³/mol. The Morgan fingerprint density at radius 1 is 1.27 bits per heavy atom. The van der Waals surface area contributed by atoms with Crippen molar-refractivity contribution in [2.45, 2.75) is 39.2 Å². The summed E-state index contributed by atoms with van der Waals surface area (Å²) in [6.45, 7) is 6.84. The highest BCUT2D eigenvalue weighted by atomic mass is 14.9. The highest BCUT2D eigenvalue weighted by Gasteiger charge is 2.35. The maximum Gasteiger partial charge on any atom is 0.0352 e. The molecule has 3 unspecified atom stereocenters. The minimum atomic E-state index is 0.546. The third kappa shape index (κ3) is 1.59. The van der Waals surface area contributed by atoms with Gasteiger partial charge in [-0.1, -0.05) is 37.6 Å². The van der Waals surface area contributed by atoms with Crippen LogP contribution in [0.4, 0.5) is 0 Å². The third-order valence-corrected chi connectivity index (χ3v) is 3.89. The molecule has 0 amide bonds. The minimum Gasteiger partial charge on any atom is -0.313 e. The Morgan fingerprint density at radius 3 is 2.60 bits per heavy atom. The molecule has 0 aliphatic heterocycles. The van der Waals surface area contributed by atoms with E-state index in [9.17, 15) is 0 Å². The summed E-state index contributed by atoms with van der Waals surface area (Å²) >= 11 is 0. The van der Waals surface area contributed by atoms with E-state index in [-0.39, 0.29) is 0 Å². The second kappa shape index (κ2) is 3.97. The zero-order valence-corrected chi connectivity index (χ0v) is 10.2. The first-order valence-corrected chi connectivity index (χ1v) is 5.96. The fraction of sp³-hybridized carbons (Fsp3) is 0.571. The Hall–Kier alpha value is -0.820. The molecule has 1 aromatic carbocycles. The van der Waals surface area contributed by atoms with E-state index in [0.29, 0.717) is 6.04 Å². The maximum atomic E-state index is 3.46. The van der Waals surface area contributed by atoms with E-state index in [1.54, 1.807) is 5.56 Å². The van der Waals surface area contributed by atoms with Gasteiger partial charge in [-0.25, -0.2) is 0 Å². The Bertz CT molecular complexity index is 356. The van der Waals surface area contributed by atoms with Gasteiger partial charge < -0.3 is 5.32 Å². The van der Waals surface area contributed by atoms with Crippen molar-refractivity contribution in [2.75, 3.05) is 7.05 Å². The molecule has 1 heteroatoms. The molecule has 1 nitrogen and oxygen atoms in total. The molecule has 0 bridgehead atoms. The molecule has 0 heterocycles. The lowest BCUT2D eigenvalue weighted by Gasteiger charge is -2.19. The quantitative estimate of drug-likeness (QED) is 0.777. The predicted octanol–water partition coefficient (Wildman–Crippen LogP) is 3.40. The molecule has 0 aromatic heterocycles. The molecule has 3 atom stereocenters. The summed E-state index contributed by atoms with van der Waals surface area (Å²) in [6, 6.07) is 7.46. The van der Waals surface area contributed by atoms with Crippen molar-refractivity contribution in [2.24, 2.45) is 5.92 Å². The van der Waals surface area contributed by atoms with Gasteiger partial charge in [0.05, 0.1) is 0 Å². The van der Waals surface area contributed by atoms with Crippen LogP contribution in [0.3, 0.4) is 0 Å². The third-order valence-electron chi connectivity index (χ3n) is 3.89. The first-order chi connectivity index (χ1) is 7.19. The van der Waals surface area contributed by atoms with Crippen molar-refractivity contribution in [1.82, 2.24) is 5.32 Å². The van der Waals surface area contributed by atoms with Crippen LogP contribution in [0.15, 0.2) is 18.2 Å². The molecule has 0 fully saturated rings. The van der Waals surface area contributed by atoms with Crippen molar-refractivity contribution in [1.29, 1.82) is 0 Å². The van der Waals surface area contributed by atoms with E-state index in [1.165, 1.54) is 17.5 Å². The van der Waals surface area contributed by atoms with E-state index in [0.717, 1.165) is 11.8 Å². The first kappa shape index (κ1) is 10.7. The second-order valence-electron chi connectivity index (χ2n) is 4.77. The molecular weight excluding hydrogens is 182 g/mol. The molecule has 2 rings (SSSR count). The Labute approximate surface area is 92.9 Å². The first-order valence-electron chi connectivity index (χ1n) is 5.96. The summed E-state index contributed by atoms with van der Waals surface area (Å²) in [5, 5.41) is 3.46. The minimum absolute atomic E-state index is 0.546. The number of hydrogen-bond acceptors (Lipinski definition) is 1. The normalized spacial score (nSPS) is 29.2. The van der Waals surface area contributed by atoms with Crippen LogP contribution in [-0.2, 0) is 0 Å². The van der Waals surface area contributed by atoms with E-state index in [4.69, 9.17) is 0 Å². The lowest BCUT2D eigenvalue weighted by molar-refractivity contribution is 0.380. The molecule has 1 aromatic rings. The average molecular weight is 203 g/mol. The van der Waals surface area contributed by atoms with Crippen LogP contribution in [0.5, 0.6) is 0 Å². The lowest BCUT2D eigenvalue weighted by Crippen LogP contribution is -2.20. The van der Waals surface area contributed by atoms with Crippen LogP contribution in [0.1, 0.15) is 48.9 Å². The Morgan fingerprint density at radius 2 is 2.00 bits per heavy atom. The number of rotatable bonds is 2. The van der Waals surface area contributed by atoms with Gasteiger partial charge in [0, 0.05) is 6.04 Å². The number of hydrogen-bond donors (Lipinski definition) is 1. The van der Waals surface area contributed by atoms with Crippen LogP contribution in [0.25, 0.3) is 0 Å². The second-order valence-corrected chi connectivity index (χ2v) is 4.77. The molecule has 1 aliphatic rings. The highest BCUT2D eigenvalue weighted by molar-refractivity contribution is 5.41. The summed E-state index contributed by atoms with van der Waals surface area (Å²) in [4.78, 5) is 0. The van der Waals surface area contributed by atoms with Gasteiger partial charge in [-0.15, -0.1) is 0 Å². The van der Waals surface area contributed by atoms with E-state index in [1.807, 2.05) is 0 Å². The lowest BCUT2D eigenvalue weighted by atomic mass is 9.90. The zero-order valence-electron chi connectivity index (χ0n) is 10.2. The van der Waals surface area contributed by atoms with Crippen molar-refractivity contribution in [3.63, 3.8) is 0 Å². The fourth-order valence-electron chi connectivity index (χ4n) is 3.11. The van der Waals surface area contributed by atoms with Gasteiger partial charge in [-0.3, -0.25) is 0 Å². The monoisotopic (exact) mass is 203 g/mol. The molecule has 82 valence electrons. The van der Waals surface area contributed by atoms with Crippen LogP contribution in [-0.4, -0.2) is 7.05 Å². The van der Waals surface area contributed by atoms with Gasteiger partial charge in [0.15, 0.2) is 0 Å². The Kier molecular flexibility index (Phi) is 2.83. The molecule has 0 saturated carbocycles. The molecule has 0 radical (unpaired) electrons. The summed E-state index contributed by atoms with van der Waals surface area (Å²) in [7, 11) is 2.07. The molecule has 0 spiro atoms. The van der Waals surface area contributed by atoms with Crippen molar-refractivity contribution in [3.8, 4) is 0 Å². The fourth-order valence-corrected chi connectivity index (χ4v) is 3.11. The molecule has 0 saturated heterocycles. The number of benzene rings is 1. The Balaban J connectivity index is 2.48. The van der Waals surface area contributed by atoms with E-state index < -0.39 is 0 Å². The van der Waals surface area contributed by atoms with Gasteiger partial charge >= 0.3 is 0 Å². The van der Waals surface area contributed by atoms with E-state index >= 15 is 0 Å². The summed E-state index contributed by atoms with van der Waals surface area (Å²) < 4.78 is 0. The smallest absolute Gasteiger partial charge is 0.0352 e. The number of nitrogens with one attached hydrogen (secondary N) is 1. The van der Waals surface area contributed by atoms with Gasteiger partial charge in [-0.05, 0) is 43.4 Å². The summed E-state index contributed by atoms with van der Waals surface area (Å²) in [5.41, 5.74) is 4.46. The number of fused-ring (bicyclic) bond motifs is 1. The van der Waals surface area contributed by atoms with Crippen LogP contribution in [0, 0.1) is 12.8 Å². The van der Waals surface area contributed by atoms with Crippen molar-refractivity contribution < 1.29 is 0 Å². The van der Waals surface area contributed by atoms with Crippen LogP contribution in [0.2, 0.25) is 0 Å². The van der Waals surface area contributed by atoms with Crippen LogP contribution >= 0.6 is 0 Å². The van der Waals surface area contributed by atoms with E-state index in [2.05, 4.69) is 51.3 Å².